The molecule has 0 unspecified atom stereocenters. The third-order valence-electron chi connectivity index (χ3n) is 5.16. The maximum Gasteiger partial charge on any atom is 0.337 e. The predicted molar refractivity (Wildman–Crippen MR) is 121 cm³/mol. The van der Waals surface area contributed by atoms with E-state index in [0.29, 0.717) is 6.07 Å². The number of halogens is 5. The molecule has 0 saturated carbocycles. The van der Waals surface area contributed by atoms with Crippen molar-refractivity contribution in [3.8, 4) is 0 Å². The Balaban J connectivity index is 0.00000289. The summed E-state index contributed by atoms with van der Waals surface area (Å²) in [7, 11) is 0. The number of aromatic nitrogens is 1. The molecular formula is C21H23Cl2F3N4O4. The van der Waals surface area contributed by atoms with Crippen molar-refractivity contribution in [3.05, 3.63) is 64.7 Å². The summed E-state index contributed by atoms with van der Waals surface area (Å²) < 4.78 is 40.1. The van der Waals surface area contributed by atoms with Crippen LogP contribution in [0.2, 0.25) is 0 Å². The molecule has 0 spiro atoms. The maximum atomic E-state index is 13.8. The number of rotatable bonds is 6. The Labute approximate surface area is 205 Å². The maximum absolute atomic E-state index is 13.8. The number of carboxylic acids is 1. The van der Waals surface area contributed by atoms with E-state index >= 15 is 0 Å². The molecule has 34 heavy (non-hydrogen) atoms. The number of benzene rings is 1. The summed E-state index contributed by atoms with van der Waals surface area (Å²) in [5.74, 6) is -5.30. The largest absolute Gasteiger partial charge is 0.478 e. The van der Waals surface area contributed by atoms with Gasteiger partial charge in [0, 0.05) is 57.1 Å². The van der Waals surface area contributed by atoms with Crippen molar-refractivity contribution < 1.29 is 32.7 Å². The lowest BCUT2D eigenvalue weighted by atomic mass is 10.0. The fraction of sp³-hybridized carbons (Fsp3) is 0.333. The first-order chi connectivity index (χ1) is 15.2. The molecular weight excluding hydrogens is 500 g/mol. The number of amides is 2. The highest BCUT2D eigenvalue weighted by Gasteiger charge is 2.26. The van der Waals surface area contributed by atoms with Crippen LogP contribution in [0.4, 0.5) is 13.2 Å². The van der Waals surface area contributed by atoms with Crippen LogP contribution in [0, 0.1) is 17.5 Å². The van der Waals surface area contributed by atoms with Crippen molar-refractivity contribution >= 4 is 42.6 Å². The van der Waals surface area contributed by atoms with Crippen molar-refractivity contribution in [1.29, 1.82) is 0 Å². The smallest absolute Gasteiger partial charge is 0.337 e. The second-order valence-corrected chi connectivity index (χ2v) is 7.47. The number of nitrogens with zero attached hydrogens (tertiary/aromatic N) is 3. The predicted octanol–water partition coefficient (Wildman–Crippen LogP) is 2.29. The Hall–Kier alpha value is -2.89. The van der Waals surface area contributed by atoms with Gasteiger partial charge in [0.25, 0.3) is 5.91 Å². The van der Waals surface area contributed by atoms with Crippen molar-refractivity contribution in [2.75, 3.05) is 26.2 Å². The number of hydrogen-bond donors (Lipinski definition) is 2. The second kappa shape index (κ2) is 12.5. The molecule has 3 rings (SSSR count). The third kappa shape index (κ3) is 7.05. The Kier molecular flexibility index (Phi) is 10.7. The van der Waals surface area contributed by atoms with E-state index in [1.165, 1.54) is 22.1 Å². The van der Waals surface area contributed by atoms with Gasteiger partial charge in [-0.05, 0) is 24.1 Å². The summed E-state index contributed by atoms with van der Waals surface area (Å²) in [6, 6.07) is 1.61. The molecule has 1 saturated heterocycles. The van der Waals surface area contributed by atoms with Crippen molar-refractivity contribution in [3.63, 3.8) is 0 Å². The lowest BCUT2D eigenvalue weighted by Gasteiger charge is -2.35. The molecule has 3 N–H and O–H groups in total. The number of nitrogens with two attached hydrogens (primary N) is 1. The van der Waals surface area contributed by atoms with Crippen LogP contribution in [0.15, 0.2) is 30.6 Å². The van der Waals surface area contributed by atoms with Crippen LogP contribution in [0.3, 0.4) is 0 Å². The molecule has 186 valence electrons. The summed E-state index contributed by atoms with van der Waals surface area (Å²) in [6.45, 7) is 0.940. The van der Waals surface area contributed by atoms with Gasteiger partial charge in [0.2, 0.25) is 5.91 Å². The molecule has 1 fully saturated rings. The number of hydrogen-bond acceptors (Lipinski definition) is 5. The molecule has 1 aliphatic heterocycles. The van der Waals surface area contributed by atoms with E-state index in [1.807, 2.05) is 0 Å². The molecule has 0 radical (unpaired) electrons. The van der Waals surface area contributed by atoms with Crippen molar-refractivity contribution in [2.45, 2.75) is 18.9 Å². The molecule has 2 amide bonds. The lowest BCUT2D eigenvalue weighted by Crippen LogP contribution is -2.51. The van der Waals surface area contributed by atoms with Crippen LogP contribution < -0.4 is 5.73 Å². The quantitative estimate of drug-likeness (QED) is 0.562. The standard InChI is InChI=1S/C21H21F3N4O4.2ClH/c22-16-9-18(24)17(23)7-12(16)6-15(25)8-19(29)27-1-3-28(4-2-27)20(30)13-5-14(21(31)32)11-26-10-13;;/h5,7,9-11,15H,1-4,6,8,25H2,(H,31,32);2*1H/t15-;;/m1../s1. The van der Waals surface area contributed by atoms with Gasteiger partial charge in [-0.1, -0.05) is 0 Å². The van der Waals surface area contributed by atoms with E-state index in [-0.39, 0.29) is 86.4 Å². The summed E-state index contributed by atoms with van der Waals surface area (Å²) in [6.07, 6.45) is 2.16. The minimum atomic E-state index is -1.30. The zero-order valence-corrected chi connectivity index (χ0v) is 19.4. The van der Waals surface area contributed by atoms with Crippen LogP contribution in [-0.2, 0) is 11.2 Å². The molecule has 1 aromatic heterocycles. The van der Waals surface area contributed by atoms with Gasteiger partial charge in [-0.2, -0.15) is 0 Å². The number of piperazine rings is 1. The fourth-order valence-corrected chi connectivity index (χ4v) is 3.44. The summed E-state index contributed by atoms with van der Waals surface area (Å²) >= 11 is 0. The molecule has 0 aliphatic carbocycles. The van der Waals surface area contributed by atoms with Crippen LogP contribution in [0.25, 0.3) is 0 Å². The molecule has 1 atom stereocenters. The van der Waals surface area contributed by atoms with Crippen molar-refractivity contribution in [2.24, 2.45) is 5.73 Å². The summed E-state index contributed by atoms with van der Waals surface area (Å²) in [4.78, 5) is 42.9. The normalized spacial score (nSPS) is 14.0. The topological polar surface area (TPSA) is 117 Å². The average Bonchev–Trinajstić information content (AvgIpc) is 2.77. The highest BCUT2D eigenvalue weighted by atomic mass is 35.5. The number of carboxylic acid groups (broad SMARTS) is 1. The number of pyridine rings is 1. The van der Waals surface area contributed by atoms with E-state index in [9.17, 15) is 27.6 Å². The van der Waals surface area contributed by atoms with E-state index in [1.54, 1.807) is 0 Å². The molecule has 8 nitrogen and oxygen atoms in total. The zero-order chi connectivity index (χ0) is 23.4. The summed E-state index contributed by atoms with van der Waals surface area (Å²) in [5.41, 5.74) is 5.83. The first kappa shape index (κ1) is 29.1. The van der Waals surface area contributed by atoms with Gasteiger partial charge in [-0.15, -0.1) is 24.8 Å². The van der Waals surface area contributed by atoms with Gasteiger partial charge in [0.1, 0.15) is 5.82 Å². The van der Waals surface area contributed by atoms with Gasteiger partial charge >= 0.3 is 5.97 Å². The lowest BCUT2D eigenvalue weighted by molar-refractivity contribution is -0.133. The van der Waals surface area contributed by atoms with Gasteiger partial charge < -0.3 is 20.6 Å². The van der Waals surface area contributed by atoms with Gasteiger partial charge in [-0.25, -0.2) is 18.0 Å². The number of carbonyl (C=O) groups is 3. The monoisotopic (exact) mass is 522 g/mol. The first-order valence-electron chi connectivity index (χ1n) is 9.80. The van der Waals surface area contributed by atoms with Gasteiger partial charge in [0.15, 0.2) is 11.6 Å². The van der Waals surface area contributed by atoms with E-state index in [4.69, 9.17) is 10.8 Å². The fourth-order valence-electron chi connectivity index (χ4n) is 3.44. The Morgan fingerprint density at radius 1 is 0.912 bits per heavy atom. The van der Waals surface area contributed by atoms with E-state index in [2.05, 4.69) is 4.98 Å². The average molecular weight is 523 g/mol. The Morgan fingerprint density at radius 2 is 1.47 bits per heavy atom. The first-order valence-corrected chi connectivity index (χ1v) is 9.80. The minimum Gasteiger partial charge on any atom is -0.478 e. The molecule has 1 aromatic carbocycles. The van der Waals surface area contributed by atoms with Gasteiger partial charge in [-0.3, -0.25) is 14.6 Å². The molecule has 13 heteroatoms. The Bertz CT molecular complexity index is 1050. The van der Waals surface area contributed by atoms with Gasteiger partial charge in [0.05, 0.1) is 11.1 Å². The zero-order valence-electron chi connectivity index (χ0n) is 17.7. The minimum absolute atomic E-state index is 0. The van der Waals surface area contributed by atoms with Crippen LogP contribution in [-0.4, -0.2) is 69.9 Å². The second-order valence-electron chi connectivity index (χ2n) is 7.47. The number of aromatic carboxylic acids is 1. The third-order valence-corrected chi connectivity index (χ3v) is 5.16. The Morgan fingerprint density at radius 3 is 2.09 bits per heavy atom. The molecule has 0 bridgehead atoms. The SMILES string of the molecule is Cl.Cl.N[C@@H](CC(=O)N1CCN(C(=O)c2cncc(C(=O)O)c2)CC1)Cc1cc(F)c(F)cc1F. The van der Waals surface area contributed by atoms with E-state index < -0.39 is 35.4 Å². The van der Waals surface area contributed by atoms with Crippen LogP contribution >= 0.6 is 24.8 Å². The number of carbonyl (C=O) groups excluding carboxylic acids is 2. The molecule has 2 aromatic rings. The highest BCUT2D eigenvalue weighted by molar-refractivity contribution is 5.97. The van der Waals surface area contributed by atoms with Crippen LogP contribution in [0.1, 0.15) is 32.7 Å². The van der Waals surface area contributed by atoms with Crippen LogP contribution in [0.5, 0.6) is 0 Å². The highest BCUT2D eigenvalue weighted by Crippen LogP contribution is 2.17. The summed E-state index contributed by atoms with van der Waals surface area (Å²) in [5, 5.41) is 9.03. The van der Waals surface area contributed by atoms with E-state index in [0.717, 1.165) is 12.3 Å². The molecule has 1 aliphatic rings. The molecule has 2 heterocycles. The van der Waals surface area contributed by atoms with Crippen molar-refractivity contribution in [1.82, 2.24) is 14.8 Å².